The fourth-order valence-corrected chi connectivity index (χ4v) is 2.52. The Balaban J connectivity index is 2.19. The number of carbonyl (C=O) groups excluding carboxylic acids is 2. The van der Waals surface area contributed by atoms with Crippen LogP contribution in [-0.2, 0) is 9.59 Å². The third-order valence-corrected chi connectivity index (χ3v) is 3.65. The lowest BCUT2D eigenvalue weighted by Crippen LogP contribution is -2.29. The molecular weight excluding hydrogens is 290 g/mol. The molecule has 1 fully saturated rings. The first-order valence-corrected chi connectivity index (χ1v) is 6.57. The van der Waals surface area contributed by atoms with Gasteiger partial charge in [0.15, 0.2) is 6.29 Å². The summed E-state index contributed by atoms with van der Waals surface area (Å²) in [7, 11) is 0. The van der Waals surface area contributed by atoms with Crippen molar-refractivity contribution in [2.75, 3.05) is 11.4 Å². The Kier molecular flexibility index (Phi) is 3.25. The smallest absolute Gasteiger partial charge is 0.308 e. The van der Waals surface area contributed by atoms with E-state index in [9.17, 15) is 19.2 Å². The molecule has 1 N–H and O–H groups in total. The summed E-state index contributed by atoms with van der Waals surface area (Å²) < 4.78 is 5.53. The number of amides is 1. The number of para-hydroxylation sites is 1. The van der Waals surface area contributed by atoms with Gasteiger partial charge in [-0.25, -0.2) is 0 Å². The zero-order valence-corrected chi connectivity index (χ0v) is 11.3. The van der Waals surface area contributed by atoms with E-state index in [1.165, 1.54) is 6.07 Å². The lowest BCUT2D eigenvalue weighted by atomic mass is 10.1. The van der Waals surface area contributed by atoms with E-state index in [4.69, 9.17) is 9.52 Å². The van der Waals surface area contributed by atoms with Crippen LogP contribution in [0.15, 0.2) is 33.5 Å². The van der Waals surface area contributed by atoms with E-state index >= 15 is 0 Å². The van der Waals surface area contributed by atoms with Crippen LogP contribution in [0.2, 0.25) is 0 Å². The number of hydrogen-bond acceptors (Lipinski definition) is 5. The molecule has 1 aromatic heterocycles. The molecule has 1 aliphatic heterocycles. The van der Waals surface area contributed by atoms with Crippen molar-refractivity contribution in [1.82, 2.24) is 0 Å². The molecule has 0 saturated carbocycles. The Labute approximate surface area is 123 Å². The average Bonchev–Trinajstić information content (AvgIpc) is 2.89. The number of anilines is 1. The van der Waals surface area contributed by atoms with Crippen LogP contribution < -0.4 is 10.3 Å². The monoisotopic (exact) mass is 301 g/mol. The summed E-state index contributed by atoms with van der Waals surface area (Å²) in [5.41, 5.74) is -0.587. The van der Waals surface area contributed by atoms with Crippen LogP contribution in [0.1, 0.15) is 16.8 Å². The molecule has 0 spiro atoms. The van der Waals surface area contributed by atoms with Crippen LogP contribution in [0, 0.1) is 5.92 Å². The SMILES string of the molecule is O=Cc1c(N2CC(C(=O)O)CC2=O)oc2ccccc2c1=O. The van der Waals surface area contributed by atoms with E-state index < -0.39 is 23.2 Å². The summed E-state index contributed by atoms with van der Waals surface area (Å²) in [6.45, 7) is -0.129. The molecular formula is C15H11NO6. The van der Waals surface area contributed by atoms with Gasteiger partial charge in [-0.15, -0.1) is 0 Å². The van der Waals surface area contributed by atoms with Gasteiger partial charge in [-0.2, -0.15) is 0 Å². The number of aliphatic carboxylic acids is 1. The number of benzene rings is 1. The van der Waals surface area contributed by atoms with Crippen molar-refractivity contribution in [3.8, 4) is 0 Å². The van der Waals surface area contributed by atoms with Crippen molar-refractivity contribution in [2.24, 2.45) is 5.92 Å². The average molecular weight is 301 g/mol. The summed E-state index contributed by atoms with van der Waals surface area (Å²) in [6, 6.07) is 6.35. The van der Waals surface area contributed by atoms with Crippen molar-refractivity contribution in [3.63, 3.8) is 0 Å². The topological polar surface area (TPSA) is 105 Å². The molecule has 1 atom stereocenters. The Morgan fingerprint density at radius 3 is 2.68 bits per heavy atom. The Morgan fingerprint density at radius 1 is 1.32 bits per heavy atom. The zero-order chi connectivity index (χ0) is 15.9. The molecule has 3 rings (SSSR count). The highest BCUT2D eigenvalue weighted by molar-refractivity contribution is 6.02. The fourth-order valence-electron chi connectivity index (χ4n) is 2.52. The summed E-state index contributed by atoms with van der Waals surface area (Å²) in [6.07, 6.45) is 0.138. The first-order chi connectivity index (χ1) is 10.5. The first-order valence-electron chi connectivity index (χ1n) is 6.57. The maximum absolute atomic E-state index is 12.3. The molecule has 1 aliphatic rings. The first kappa shape index (κ1) is 14.0. The molecule has 2 heterocycles. The lowest BCUT2D eigenvalue weighted by molar-refractivity contribution is -0.141. The van der Waals surface area contributed by atoms with E-state index in [-0.39, 0.29) is 35.4 Å². The normalized spacial score (nSPS) is 17.9. The second kappa shape index (κ2) is 5.10. The molecule has 1 amide bonds. The number of carboxylic acid groups (broad SMARTS) is 1. The van der Waals surface area contributed by atoms with E-state index in [1.807, 2.05) is 0 Å². The number of carboxylic acids is 1. The predicted molar refractivity (Wildman–Crippen MR) is 76.0 cm³/mol. The van der Waals surface area contributed by atoms with Gasteiger partial charge in [0, 0.05) is 13.0 Å². The minimum Gasteiger partial charge on any atom is -0.481 e. The molecule has 22 heavy (non-hydrogen) atoms. The van der Waals surface area contributed by atoms with Crippen LogP contribution in [0.25, 0.3) is 11.0 Å². The second-order valence-electron chi connectivity index (χ2n) is 5.01. The van der Waals surface area contributed by atoms with Crippen molar-refractivity contribution < 1.29 is 23.9 Å². The quantitative estimate of drug-likeness (QED) is 0.849. The maximum atomic E-state index is 12.3. The maximum Gasteiger partial charge on any atom is 0.308 e. The second-order valence-corrected chi connectivity index (χ2v) is 5.01. The number of aldehydes is 1. The van der Waals surface area contributed by atoms with Crippen LogP contribution in [-0.4, -0.2) is 29.8 Å². The number of rotatable bonds is 3. The summed E-state index contributed by atoms with van der Waals surface area (Å²) in [5.74, 6) is -2.67. The van der Waals surface area contributed by atoms with Gasteiger partial charge in [-0.3, -0.25) is 24.1 Å². The summed E-state index contributed by atoms with van der Waals surface area (Å²) >= 11 is 0. The molecule has 1 aromatic carbocycles. The van der Waals surface area contributed by atoms with Crippen molar-refractivity contribution >= 4 is 35.0 Å². The van der Waals surface area contributed by atoms with Gasteiger partial charge >= 0.3 is 5.97 Å². The van der Waals surface area contributed by atoms with E-state index in [0.29, 0.717) is 6.29 Å². The molecule has 0 radical (unpaired) electrons. The van der Waals surface area contributed by atoms with Gasteiger partial charge in [0.05, 0.1) is 11.3 Å². The number of hydrogen-bond donors (Lipinski definition) is 1. The largest absolute Gasteiger partial charge is 0.481 e. The lowest BCUT2D eigenvalue weighted by Gasteiger charge is -2.16. The minimum absolute atomic E-state index is 0.129. The molecule has 0 aliphatic carbocycles. The predicted octanol–water partition coefficient (Wildman–Crippen LogP) is 1.04. The van der Waals surface area contributed by atoms with Gasteiger partial charge in [-0.05, 0) is 12.1 Å². The number of nitrogens with zero attached hydrogens (tertiary/aromatic N) is 1. The van der Waals surface area contributed by atoms with Crippen LogP contribution >= 0.6 is 0 Å². The van der Waals surface area contributed by atoms with Gasteiger partial charge in [0.1, 0.15) is 11.1 Å². The highest BCUT2D eigenvalue weighted by atomic mass is 16.4. The van der Waals surface area contributed by atoms with Crippen molar-refractivity contribution in [2.45, 2.75) is 6.42 Å². The third-order valence-electron chi connectivity index (χ3n) is 3.65. The molecule has 1 unspecified atom stereocenters. The van der Waals surface area contributed by atoms with E-state index in [1.54, 1.807) is 18.2 Å². The molecule has 7 nitrogen and oxygen atoms in total. The fraction of sp³-hybridized carbons (Fsp3) is 0.200. The Hall–Kier alpha value is -2.96. The molecule has 112 valence electrons. The third kappa shape index (κ3) is 2.07. The van der Waals surface area contributed by atoms with Gasteiger partial charge in [-0.1, -0.05) is 12.1 Å². The minimum atomic E-state index is -1.10. The Bertz CT molecular complexity index is 853. The zero-order valence-electron chi connectivity index (χ0n) is 11.3. The Morgan fingerprint density at radius 2 is 2.05 bits per heavy atom. The van der Waals surface area contributed by atoms with Crippen molar-refractivity contribution in [1.29, 1.82) is 0 Å². The van der Waals surface area contributed by atoms with Crippen LogP contribution in [0.4, 0.5) is 5.88 Å². The van der Waals surface area contributed by atoms with Gasteiger partial charge < -0.3 is 9.52 Å². The molecule has 7 heteroatoms. The van der Waals surface area contributed by atoms with Gasteiger partial charge in [0.2, 0.25) is 17.2 Å². The molecule has 0 bridgehead atoms. The van der Waals surface area contributed by atoms with Crippen molar-refractivity contribution in [3.05, 3.63) is 40.1 Å². The molecule has 2 aromatic rings. The summed E-state index contributed by atoms with van der Waals surface area (Å²) in [5, 5.41) is 9.24. The number of fused-ring (bicyclic) bond motifs is 1. The van der Waals surface area contributed by atoms with Gasteiger partial charge in [0.25, 0.3) is 0 Å². The highest BCUT2D eigenvalue weighted by Crippen LogP contribution is 2.29. The van der Waals surface area contributed by atoms with Crippen LogP contribution in [0.3, 0.4) is 0 Å². The highest BCUT2D eigenvalue weighted by Gasteiger charge is 2.38. The van der Waals surface area contributed by atoms with Crippen LogP contribution in [0.5, 0.6) is 0 Å². The number of carbonyl (C=O) groups is 3. The van der Waals surface area contributed by atoms with E-state index in [0.717, 1.165) is 4.90 Å². The van der Waals surface area contributed by atoms with E-state index in [2.05, 4.69) is 0 Å². The summed E-state index contributed by atoms with van der Waals surface area (Å²) in [4.78, 5) is 47.6. The molecule has 1 saturated heterocycles. The standard InChI is InChI=1S/C15H11NO6/c17-7-10-13(19)9-3-1-2-4-11(9)22-14(10)16-6-8(15(20)21)5-12(16)18/h1-4,7-8H,5-6H2,(H,20,21).